The third kappa shape index (κ3) is 3.22. The average molecular weight is 282 g/mol. The number of amides is 2. The first kappa shape index (κ1) is 12.9. The van der Waals surface area contributed by atoms with Crippen LogP contribution in [0.4, 0.5) is 20.0 Å². The molecule has 7 nitrogen and oxygen atoms in total. The van der Waals surface area contributed by atoms with Gasteiger partial charge in [0.25, 0.3) is 0 Å². The highest BCUT2D eigenvalue weighted by Gasteiger charge is 2.14. The predicted molar refractivity (Wildman–Crippen MR) is 65.9 cm³/mol. The zero-order valence-corrected chi connectivity index (χ0v) is 10.1. The molecule has 98 valence electrons. The maximum atomic E-state index is 13.1. The van der Waals surface area contributed by atoms with Crippen LogP contribution in [0.3, 0.4) is 0 Å². The lowest BCUT2D eigenvalue weighted by atomic mass is 10.2. The molecule has 1 aromatic heterocycles. The quantitative estimate of drug-likeness (QED) is 0.798. The first-order valence-corrected chi connectivity index (χ1v) is 5.81. The van der Waals surface area contributed by atoms with Gasteiger partial charge in [0.1, 0.15) is 11.3 Å². The summed E-state index contributed by atoms with van der Waals surface area (Å²) in [6.45, 7) is 0. The molecular weight excluding hydrogens is 275 g/mol. The highest BCUT2D eigenvalue weighted by molar-refractivity contribution is 7.13. The van der Waals surface area contributed by atoms with Gasteiger partial charge in [-0.05, 0) is 18.2 Å². The van der Waals surface area contributed by atoms with Gasteiger partial charge in [-0.2, -0.15) is 0 Å². The van der Waals surface area contributed by atoms with Crippen LogP contribution < -0.4 is 10.6 Å². The molecule has 0 aliphatic carbocycles. The third-order valence-corrected chi connectivity index (χ3v) is 2.65. The van der Waals surface area contributed by atoms with Gasteiger partial charge in [-0.1, -0.05) is 11.3 Å². The van der Waals surface area contributed by atoms with Gasteiger partial charge in [0, 0.05) is 0 Å². The minimum atomic E-state index is -1.27. The second kappa shape index (κ2) is 5.40. The number of carbonyl (C=O) groups excluding carboxylic acids is 1. The molecule has 0 unspecified atom stereocenters. The summed E-state index contributed by atoms with van der Waals surface area (Å²) in [5, 5.41) is 20.8. The Morgan fingerprint density at radius 3 is 2.74 bits per heavy atom. The fourth-order valence-corrected chi connectivity index (χ4v) is 1.72. The molecule has 2 rings (SSSR count). The average Bonchev–Trinajstić information content (AvgIpc) is 2.81. The van der Waals surface area contributed by atoms with E-state index in [1.54, 1.807) is 0 Å². The van der Waals surface area contributed by atoms with Crippen molar-refractivity contribution < 1.29 is 19.1 Å². The Morgan fingerprint density at radius 1 is 1.32 bits per heavy atom. The summed E-state index contributed by atoms with van der Waals surface area (Å²) in [6, 6.07) is 2.25. The van der Waals surface area contributed by atoms with Crippen molar-refractivity contribution in [3.05, 3.63) is 35.1 Å². The number of nitrogens with zero attached hydrogens (tertiary/aromatic N) is 2. The standard InChI is InChI=1S/C10H7FN4O3S/c11-5-1-2-6(8(16)17)7(3-5)13-9(18)14-10-15-12-4-19-10/h1-4H,(H,16,17)(H2,13,14,15,18). The number of aromatic nitrogens is 2. The van der Waals surface area contributed by atoms with Crippen molar-refractivity contribution >= 4 is 34.2 Å². The van der Waals surface area contributed by atoms with Crippen molar-refractivity contribution in [2.24, 2.45) is 0 Å². The van der Waals surface area contributed by atoms with E-state index in [0.717, 1.165) is 29.5 Å². The summed E-state index contributed by atoms with van der Waals surface area (Å²) in [6.07, 6.45) is 0. The van der Waals surface area contributed by atoms with Gasteiger partial charge >= 0.3 is 12.0 Å². The summed E-state index contributed by atoms with van der Waals surface area (Å²) < 4.78 is 13.1. The highest BCUT2D eigenvalue weighted by atomic mass is 32.1. The van der Waals surface area contributed by atoms with Crippen LogP contribution in [0.15, 0.2) is 23.7 Å². The van der Waals surface area contributed by atoms with Gasteiger partial charge in [-0.15, -0.1) is 10.2 Å². The van der Waals surface area contributed by atoms with Crippen LogP contribution in [0.5, 0.6) is 0 Å². The molecule has 1 heterocycles. The molecule has 0 fully saturated rings. The van der Waals surface area contributed by atoms with Crippen molar-refractivity contribution in [3.63, 3.8) is 0 Å². The van der Waals surface area contributed by atoms with Crippen LogP contribution in [0.2, 0.25) is 0 Å². The van der Waals surface area contributed by atoms with Crippen LogP contribution in [0, 0.1) is 5.82 Å². The fourth-order valence-electron chi connectivity index (χ4n) is 1.28. The van der Waals surface area contributed by atoms with Gasteiger partial charge in [0.05, 0.1) is 11.3 Å². The summed E-state index contributed by atoms with van der Waals surface area (Å²) in [5.74, 6) is -1.93. The normalized spacial score (nSPS) is 9.95. The molecule has 0 aliphatic heterocycles. The van der Waals surface area contributed by atoms with Crippen molar-refractivity contribution in [3.8, 4) is 0 Å². The van der Waals surface area contributed by atoms with E-state index < -0.39 is 17.8 Å². The van der Waals surface area contributed by atoms with E-state index in [4.69, 9.17) is 5.11 Å². The Balaban J connectivity index is 2.16. The number of hydrogen-bond acceptors (Lipinski definition) is 5. The van der Waals surface area contributed by atoms with Crippen LogP contribution in [0.25, 0.3) is 0 Å². The Labute approximate surface area is 110 Å². The van der Waals surface area contributed by atoms with Gasteiger partial charge in [-0.3, -0.25) is 5.32 Å². The van der Waals surface area contributed by atoms with Crippen molar-refractivity contribution in [2.45, 2.75) is 0 Å². The SMILES string of the molecule is O=C(Nc1nncs1)Nc1cc(F)ccc1C(=O)O. The molecule has 0 spiro atoms. The maximum Gasteiger partial charge on any atom is 0.337 e. The summed E-state index contributed by atoms with van der Waals surface area (Å²) in [5.41, 5.74) is 1.06. The molecule has 9 heteroatoms. The number of carbonyl (C=O) groups is 2. The smallest absolute Gasteiger partial charge is 0.337 e. The molecule has 0 radical (unpaired) electrons. The monoisotopic (exact) mass is 282 g/mol. The van der Waals surface area contributed by atoms with E-state index in [2.05, 4.69) is 20.8 Å². The number of hydrogen-bond donors (Lipinski definition) is 3. The summed E-state index contributed by atoms with van der Waals surface area (Å²) in [4.78, 5) is 22.5. The van der Waals surface area contributed by atoms with Gasteiger partial charge < -0.3 is 10.4 Å². The lowest BCUT2D eigenvalue weighted by Gasteiger charge is -2.08. The molecule has 3 N–H and O–H groups in total. The summed E-state index contributed by atoms with van der Waals surface area (Å²) in [7, 11) is 0. The van der Waals surface area contributed by atoms with Gasteiger partial charge in [0.15, 0.2) is 0 Å². The van der Waals surface area contributed by atoms with E-state index in [9.17, 15) is 14.0 Å². The second-order valence-corrected chi connectivity index (χ2v) is 4.15. The lowest BCUT2D eigenvalue weighted by molar-refractivity contribution is 0.0698. The van der Waals surface area contributed by atoms with Crippen LogP contribution in [-0.2, 0) is 0 Å². The number of aromatic carboxylic acids is 1. The Morgan fingerprint density at radius 2 is 2.11 bits per heavy atom. The van der Waals surface area contributed by atoms with E-state index in [1.807, 2.05) is 0 Å². The van der Waals surface area contributed by atoms with E-state index >= 15 is 0 Å². The van der Waals surface area contributed by atoms with E-state index in [0.29, 0.717) is 0 Å². The highest BCUT2D eigenvalue weighted by Crippen LogP contribution is 2.18. The number of nitrogens with one attached hydrogen (secondary N) is 2. The van der Waals surface area contributed by atoms with Crippen molar-refractivity contribution in [2.75, 3.05) is 10.6 Å². The minimum absolute atomic E-state index is 0.144. The fraction of sp³-hybridized carbons (Fsp3) is 0. The van der Waals surface area contributed by atoms with Crippen molar-refractivity contribution in [1.29, 1.82) is 0 Å². The minimum Gasteiger partial charge on any atom is -0.478 e. The van der Waals surface area contributed by atoms with Crippen molar-refractivity contribution in [1.82, 2.24) is 10.2 Å². The zero-order valence-electron chi connectivity index (χ0n) is 9.25. The largest absolute Gasteiger partial charge is 0.478 e. The molecule has 0 saturated carbocycles. The maximum absolute atomic E-state index is 13.1. The molecule has 0 aliphatic rings. The molecule has 0 bridgehead atoms. The first-order valence-electron chi connectivity index (χ1n) is 4.93. The number of carboxylic acid groups (broad SMARTS) is 1. The predicted octanol–water partition coefficient (Wildman–Crippen LogP) is 2.02. The molecule has 2 aromatic rings. The first-order chi connectivity index (χ1) is 9.06. The molecule has 2 amide bonds. The van der Waals surface area contributed by atoms with Crippen LogP contribution in [0.1, 0.15) is 10.4 Å². The number of carboxylic acids is 1. The van der Waals surface area contributed by atoms with E-state index in [1.165, 1.54) is 5.51 Å². The van der Waals surface area contributed by atoms with Gasteiger partial charge in [0.2, 0.25) is 5.13 Å². The second-order valence-electron chi connectivity index (χ2n) is 3.32. The zero-order chi connectivity index (χ0) is 13.8. The topological polar surface area (TPSA) is 104 Å². The Hall–Kier alpha value is -2.55. The Bertz CT molecular complexity index is 617. The number of anilines is 2. The summed E-state index contributed by atoms with van der Waals surface area (Å²) >= 11 is 1.09. The third-order valence-electron chi connectivity index (χ3n) is 2.04. The number of urea groups is 1. The number of rotatable bonds is 3. The molecule has 19 heavy (non-hydrogen) atoms. The Kier molecular flexibility index (Phi) is 3.66. The number of halogens is 1. The molecule has 0 atom stereocenters. The van der Waals surface area contributed by atoms with Crippen LogP contribution in [-0.4, -0.2) is 27.3 Å². The molecule has 0 saturated heterocycles. The molecule has 1 aromatic carbocycles. The van der Waals surface area contributed by atoms with Gasteiger partial charge in [-0.25, -0.2) is 14.0 Å². The lowest BCUT2D eigenvalue weighted by Crippen LogP contribution is -2.21. The molecular formula is C10H7FN4O3S. The van der Waals surface area contributed by atoms with E-state index in [-0.39, 0.29) is 16.4 Å². The number of benzene rings is 1. The van der Waals surface area contributed by atoms with Crippen LogP contribution >= 0.6 is 11.3 Å².